The molecule has 3 rings (SSSR count). The lowest BCUT2D eigenvalue weighted by Crippen LogP contribution is -2.39. The van der Waals surface area contributed by atoms with Crippen LogP contribution in [0.2, 0.25) is 0 Å². The van der Waals surface area contributed by atoms with Gasteiger partial charge in [-0.2, -0.15) is 0 Å². The van der Waals surface area contributed by atoms with Crippen molar-refractivity contribution in [1.82, 2.24) is 5.32 Å². The van der Waals surface area contributed by atoms with E-state index < -0.39 is 0 Å². The first-order valence-electron chi connectivity index (χ1n) is 10.1. The lowest BCUT2D eigenvalue weighted by Gasteiger charge is -2.25. The summed E-state index contributed by atoms with van der Waals surface area (Å²) in [5, 5.41) is 6.70. The molecule has 1 atom stereocenters. The Kier molecular flexibility index (Phi) is 7.28. The van der Waals surface area contributed by atoms with E-state index in [1.807, 2.05) is 61.5 Å². The van der Waals surface area contributed by atoms with Gasteiger partial charge in [-0.05, 0) is 37.5 Å². The van der Waals surface area contributed by atoms with E-state index in [-0.39, 0.29) is 11.9 Å². The molecule has 1 amide bonds. The number of hydrogen-bond acceptors (Lipinski definition) is 3. The van der Waals surface area contributed by atoms with Gasteiger partial charge in [0, 0.05) is 6.04 Å². The van der Waals surface area contributed by atoms with Crippen LogP contribution in [-0.2, 0) is 4.79 Å². The Labute approximate surface area is 162 Å². The molecule has 1 saturated carbocycles. The molecule has 1 fully saturated rings. The Balaban J connectivity index is 1.78. The van der Waals surface area contributed by atoms with E-state index in [1.54, 1.807) is 0 Å². The lowest BCUT2D eigenvalue weighted by molar-refractivity contribution is -0.118. The highest BCUT2D eigenvalue weighted by molar-refractivity contribution is 5.96. The number of amides is 1. The summed E-state index contributed by atoms with van der Waals surface area (Å²) in [5.41, 5.74) is 1.71. The van der Waals surface area contributed by atoms with Gasteiger partial charge in [0.1, 0.15) is 11.8 Å². The number of ether oxygens (including phenoxy) is 1. The van der Waals surface area contributed by atoms with Crippen LogP contribution in [0, 0.1) is 0 Å². The molecule has 0 saturated heterocycles. The van der Waals surface area contributed by atoms with Crippen LogP contribution in [0.25, 0.3) is 0 Å². The third-order valence-corrected chi connectivity index (χ3v) is 5.10. The number of carbonyl (C=O) groups is 1. The zero-order chi connectivity index (χ0) is 18.9. The Morgan fingerprint density at radius 1 is 1.00 bits per heavy atom. The van der Waals surface area contributed by atoms with Gasteiger partial charge in [0.2, 0.25) is 5.91 Å². The number of benzene rings is 2. The van der Waals surface area contributed by atoms with Gasteiger partial charge in [0.15, 0.2) is 0 Å². The number of para-hydroxylation sites is 2. The molecule has 1 aliphatic rings. The molecule has 0 radical (unpaired) electrons. The minimum atomic E-state index is -0.371. The lowest BCUT2D eigenvalue weighted by atomic mass is 10.0. The second-order valence-electron chi connectivity index (χ2n) is 7.12. The Morgan fingerprint density at radius 3 is 2.37 bits per heavy atom. The zero-order valence-electron chi connectivity index (χ0n) is 16.1. The minimum Gasteiger partial charge on any atom is -0.492 e. The summed E-state index contributed by atoms with van der Waals surface area (Å²) in [4.78, 5) is 13.2. The highest BCUT2D eigenvalue weighted by Crippen LogP contribution is 2.27. The normalized spacial score (nSPS) is 16.3. The molecule has 0 aromatic heterocycles. The highest BCUT2D eigenvalue weighted by Gasteiger charge is 2.25. The van der Waals surface area contributed by atoms with E-state index in [0.717, 1.165) is 18.4 Å². The number of hydrogen-bond donors (Lipinski definition) is 2. The van der Waals surface area contributed by atoms with Gasteiger partial charge in [-0.15, -0.1) is 0 Å². The molecule has 144 valence electrons. The van der Waals surface area contributed by atoms with E-state index in [2.05, 4.69) is 10.6 Å². The summed E-state index contributed by atoms with van der Waals surface area (Å²) in [6.45, 7) is 2.51. The molecule has 1 aliphatic carbocycles. The maximum absolute atomic E-state index is 13.2. The van der Waals surface area contributed by atoms with Crippen molar-refractivity contribution in [3.8, 4) is 5.75 Å². The fraction of sp³-hybridized carbons (Fsp3) is 0.435. The summed E-state index contributed by atoms with van der Waals surface area (Å²) in [6.07, 6.45) is 7.31. The first-order valence-corrected chi connectivity index (χ1v) is 10.1. The van der Waals surface area contributed by atoms with Crippen LogP contribution in [-0.4, -0.2) is 18.6 Å². The molecule has 27 heavy (non-hydrogen) atoms. The van der Waals surface area contributed by atoms with Crippen LogP contribution in [0.3, 0.4) is 0 Å². The molecule has 0 aliphatic heterocycles. The molecule has 2 aromatic rings. The van der Waals surface area contributed by atoms with Crippen LogP contribution in [0.1, 0.15) is 57.1 Å². The molecule has 4 nitrogen and oxygen atoms in total. The summed E-state index contributed by atoms with van der Waals surface area (Å²) >= 11 is 0. The zero-order valence-corrected chi connectivity index (χ0v) is 16.1. The van der Waals surface area contributed by atoms with Gasteiger partial charge >= 0.3 is 0 Å². The second kappa shape index (κ2) is 10.1. The van der Waals surface area contributed by atoms with Gasteiger partial charge in [0.25, 0.3) is 0 Å². The maximum Gasteiger partial charge on any atom is 0.246 e. The predicted octanol–water partition coefficient (Wildman–Crippen LogP) is 5.08. The van der Waals surface area contributed by atoms with Crippen molar-refractivity contribution < 1.29 is 9.53 Å². The maximum atomic E-state index is 13.2. The Morgan fingerprint density at radius 2 is 1.67 bits per heavy atom. The van der Waals surface area contributed by atoms with Crippen LogP contribution in [0.4, 0.5) is 5.69 Å². The van der Waals surface area contributed by atoms with Gasteiger partial charge in [-0.3, -0.25) is 10.1 Å². The first-order chi connectivity index (χ1) is 13.3. The van der Waals surface area contributed by atoms with Crippen molar-refractivity contribution >= 4 is 11.6 Å². The van der Waals surface area contributed by atoms with Crippen LogP contribution in [0.5, 0.6) is 5.75 Å². The molecule has 0 spiro atoms. The van der Waals surface area contributed by atoms with E-state index >= 15 is 0 Å². The van der Waals surface area contributed by atoms with Crippen LogP contribution >= 0.6 is 0 Å². The second-order valence-corrected chi connectivity index (χ2v) is 7.12. The smallest absolute Gasteiger partial charge is 0.246 e. The molecule has 2 N–H and O–H groups in total. The number of carbonyl (C=O) groups excluding carboxylic acids is 1. The summed E-state index contributed by atoms with van der Waals surface area (Å²) in [7, 11) is 0. The average molecular weight is 367 g/mol. The largest absolute Gasteiger partial charge is 0.492 e. The predicted molar refractivity (Wildman–Crippen MR) is 110 cm³/mol. The van der Waals surface area contributed by atoms with E-state index in [1.165, 1.54) is 25.7 Å². The fourth-order valence-electron chi connectivity index (χ4n) is 3.71. The number of rotatable bonds is 7. The molecule has 2 aromatic carbocycles. The number of nitrogens with one attached hydrogen (secondary N) is 2. The fourth-order valence-corrected chi connectivity index (χ4v) is 3.71. The summed E-state index contributed by atoms with van der Waals surface area (Å²) in [5.74, 6) is 0.659. The van der Waals surface area contributed by atoms with Gasteiger partial charge in [-0.25, -0.2) is 0 Å². The van der Waals surface area contributed by atoms with Crippen LogP contribution in [0.15, 0.2) is 54.6 Å². The van der Waals surface area contributed by atoms with E-state index in [0.29, 0.717) is 24.1 Å². The summed E-state index contributed by atoms with van der Waals surface area (Å²) in [6, 6.07) is 17.6. The van der Waals surface area contributed by atoms with E-state index in [9.17, 15) is 4.79 Å². The van der Waals surface area contributed by atoms with Gasteiger partial charge < -0.3 is 10.1 Å². The monoisotopic (exact) mass is 366 g/mol. The van der Waals surface area contributed by atoms with Crippen molar-refractivity contribution in [3.63, 3.8) is 0 Å². The Hall–Kier alpha value is -2.33. The number of anilines is 1. The quantitative estimate of drug-likeness (QED) is 0.672. The van der Waals surface area contributed by atoms with Crippen molar-refractivity contribution in [1.29, 1.82) is 0 Å². The van der Waals surface area contributed by atoms with Gasteiger partial charge in [-0.1, -0.05) is 68.1 Å². The van der Waals surface area contributed by atoms with Gasteiger partial charge in [0.05, 0.1) is 12.3 Å². The molecule has 0 heterocycles. The minimum absolute atomic E-state index is 0.0439. The molecule has 0 bridgehead atoms. The van der Waals surface area contributed by atoms with Crippen molar-refractivity contribution in [3.05, 3.63) is 60.2 Å². The molecular weight excluding hydrogens is 336 g/mol. The summed E-state index contributed by atoms with van der Waals surface area (Å²) < 4.78 is 5.65. The Bertz CT molecular complexity index is 709. The molecular formula is C23H30N2O2. The molecule has 1 unspecified atom stereocenters. The van der Waals surface area contributed by atoms with Crippen molar-refractivity contribution in [2.45, 2.75) is 57.5 Å². The van der Waals surface area contributed by atoms with E-state index in [4.69, 9.17) is 4.74 Å². The van der Waals surface area contributed by atoms with Crippen molar-refractivity contribution in [2.24, 2.45) is 0 Å². The third-order valence-electron chi connectivity index (χ3n) is 5.10. The standard InChI is InChI=1S/C23H30N2O2/c1-2-27-21-17-11-10-16-20(21)25-23(26)22(18-12-6-5-7-13-18)24-19-14-8-3-4-9-15-19/h5-7,10-13,16-17,19,22,24H,2-4,8-9,14-15H2,1H3,(H,25,26). The van der Waals surface area contributed by atoms with Crippen LogP contribution < -0.4 is 15.4 Å². The first kappa shape index (κ1) is 19.4. The highest BCUT2D eigenvalue weighted by atomic mass is 16.5. The SMILES string of the molecule is CCOc1ccccc1NC(=O)C(NC1CCCCCC1)c1ccccc1. The average Bonchev–Trinajstić information content (AvgIpc) is 2.97. The topological polar surface area (TPSA) is 50.4 Å². The molecule has 4 heteroatoms. The van der Waals surface area contributed by atoms with Crippen molar-refractivity contribution in [2.75, 3.05) is 11.9 Å². The third kappa shape index (κ3) is 5.57.